The van der Waals surface area contributed by atoms with Gasteiger partial charge in [0.25, 0.3) is 0 Å². The molecule has 0 atom stereocenters. The molecule has 66 valence electrons. The van der Waals surface area contributed by atoms with Gasteiger partial charge in [-0.25, -0.2) is 4.79 Å². The van der Waals surface area contributed by atoms with Crippen LogP contribution in [0.4, 0.5) is 0 Å². The van der Waals surface area contributed by atoms with Crippen molar-refractivity contribution in [2.24, 2.45) is 10.2 Å². The van der Waals surface area contributed by atoms with Gasteiger partial charge in [-0.1, -0.05) is 30.3 Å². The maximum atomic E-state index is 11.3. The zero-order chi connectivity index (χ0) is 9.31. The van der Waals surface area contributed by atoms with Crippen LogP contribution in [0.3, 0.4) is 0 Å². The molecule has 1 aliphatic rings. The van der Waals surface area contributed by atoms with Crippen LogP contribution in [0.2, 0.25) is 0 Å². The summed E-state index contributed by atoms with van der Waals surface area (Å²) < 4.78 is 4.61. The molecule has 0 saturated carbocycles. The van der Waals surface area contributed by atoms with E-state index < -0.39 is 11.6 Å². The minimum Gasteiger partial charge on any atom is -0.465 e. The first-order valence-corrected chi connectivity index (χ1v) is 3.87. The normalized spacial score (nSPS) is 16.7. The Balaban J connectivity index is 2.32. The number of methoxy groups -OCH3 is 1. The fourth-order valence-corrected chi connectivity index (χ4v) is 1.18. The molecule has 4 heteroatoms. The summed E-state index contributed by atoms with van der Waals surface area (Å²) in [6.07, 6.45) is 0. The van der Waals surface area contributed by atoms with Crippen LogP contribution in [0, 0.1) is 0 Å². The quantitative estimate of drug-likeness (QED) is 0.641. The number of carbonyl (C=O) groups excluding carboxylic acids is 1. The van der Waals surface area contributed by atoms with Crippen molar-refractivity contribution in [2.75, 3.05) is 7.11 Å². The maximum absolute atomic E-state index is 11.3. The zero-order valence-corrected chi connectivity index (χ0v) is 7.10. The molecule has 0 aliphatic carbocycles. The molecule has 0 spiro atoms. The first-order valence-electron chi connectivity index (χ1n) is 3.87. The fourth-order valence-electron chi connectivity index (χ4n) is 1.18. The van der Waals surface area contributed by atoms with Crippen molar-refractivity contribution in [3.8, 4) is 0 Å². The molecule has 2 rings (SSSR count). The molecule has 0 bridgehead atoms. The van der Waals surface area contributed by atoms with Gasteiger partial charge in [0.15, 0.2) is 0 Å². The monoisotopic (exact) mass is 176 g/mol. The predicted molar refractivity (Wildman–Crippen MR) is 45.0 cm³/mol. The molecular formula is C9H8N2O2. The van der Waals surface area contributed by atoms with E-state index in [1.165, 1.54) is 7.11 Å². The molecule has 0 amide bonds. The Morgan fingerprint density at radius 2 is 1.92 bits per heavy atom. The Kier molecular flexibility index (Phi) is 1.62. The van der Waals surface area contributed by atoms with Crippen LogP contribution in [-0.2, 0) is 15.2 Å². The summed E-state index contributed by atoms with van der Waals surface area (Å²) in [5.41, 5.74) is -0.308. The van der Waals surface area contributed by atoms with E-state index in [0.29, 0.717) is 0 Å². The first kappa shape index (κ1) is 7.91. The van der Waals surface area contributed by atoms with Gasteiger partial charge in [0.2, 0.25) is 0 Å². The zero-order valence-electron chi connectivity index (χ0n) is 7.10. The molecule has 1 aromatic rings. The Morgan fingerprint density at radius 3 is 2.38 bits per heavy atom. The van der Waals surface area contributed by atoms with Gasteiger partial charge in [-0.15, -0.1) is 10.2 Å². The molecule has 0 fully saturated rings. The number of hydrogen-bond donors (Lipinski definition) is 0. The predicted octanol–water partition coefficient (Wildman–Crippen LogP) is 1.48. The van der Waals surface area contributed by atoms with Crippen molar-refractivity contribution in [1.82, 2.24) is 0 Å². The number of ether oxygens (including phenoxy) is 1. The van der Waals surface area contributed by atoms with E-state index in [9.17, 15) is 4.79 Å². The molecule has 1 heterocycles. The molecule has 13 heavy (non-hydrogen) atoms. The fraction of sp³-hybridized carbons (Fsp3) is 0.222. The lowest BCUT2D eigenvalue weighted by atomic mass is 10.0. The first-order chi connectivity index (χ1) is 6.29. The summed E-state index contributed by atoms with van der Waals surface area (Å²) in [6.45, 7) is 0. The average Bonchev–Trinajstić information content (AvgIpc) is 2.99. The van der Waals surface area contributed by atoms with Gasteiger partial charge >= 0.3 is 11.6 Å². The van der Waals surface area contributed by atoms with Crippen LogP contribution >= 0.6 is 0 Å². The van der Waals surface area contributed by atoms with Crippen LogP contribution < -0.4 is 0 Å². The number of benzene rings is 1. The maximum Gasteiger partial charge on any atom is 0.365 e. The molecule has 1 aromatic carbocycles. The standard InChI is InChI=1S/C9H8N2O2/c1-13-8(12)9(10-11-9)7-5-3-2-4-6-7/h2-6H,1H3. The SMILES string of the molecule is COC(=O)C1(c2ccccc2)N=N1. The molecular weight excluding hydrogens is 168 g/mol. The summed E-state index contributed by atoms with van der Waals surface area (Å²) in [7, 11) is 1.33. The number of carbonyl (C=O) groups is 1. The van der Waals surface area contributed by atoms with Crippen molar-refractivity contribution in [1.29, 1.82) is 0 Å². The van der Waals surface area contributed by atoms with Crippen molar-refractivity contribution in [3.63, 3.8) is 0 Å². The number of rotatable bonds is 2. The Bertz CT molecular complexity index is 353. The number of hydrogen-bond acceptors (Lipinski definition) is 4. The molecule has 0 aromatic heterocycles. The molecule has 0 saturated heterocycles. The van der Waals surface area contributed by atoms with Gasteiger partial charge in [-0.2, -0.15) is 0 Å². The largest absolute Gasteiger partial charge is 0.465 e. The third-order valence-electron chi connectivity index (χ3n) is 1.95. The molecule has 1 aliphatic heterocycles. The topological polar surface area (TPSA) is 51.0 Å². The Morgan fingerprint density at radius 1 is 1.31 bits per heavy atom. The third-order valence-corrected chi connectivity index (χ3v) is 1.95. The highest BCUT2D eigenvalue weighted by Crippen LogP contribution is 2.40. The summed E-state index contributed by atoms with van der Waals surface area (Å²) in [5.74, 6) is -0.432. The van der Waals surface area contributed by atoms with E-state index in [1.54, 1.807) is 12.1 Å². The second kappa shape index (κ2) is 2.65. The van der Waals surface area contributed by atoms with E-state index in [0.717, 1.165) is 5.56 Å². The van der Waals surface area contributed by atoms with E-state index in [-0.39, 0.29) is 0 Å². The lowest BCUT2D eigenvalue weighted by molar-refractivity contribution is -0.144. The highest BCUT2D eigenvalue weighted by Gasteiger charge is 2.51. The summed E-state index contributed by atoms with van der Waals surface area (Å²) in [4.78, 5) is 11.3. The molecule has 0 radical (unpaired) electrons. The highest BCUT2D eigenvalue weighted by molar-refractivity contribution is 5.84. The molecule has 4 nitrogen and oxygen atoms in total. The minimum absolute atomic E-state index is 0.432. The molecule has 0 N–H and O–H groups in total. The summed E-state index contributed by atoms with van der Waals surface area (Å²) >= 11 is 0. The van der Waals surface area contributed by atoms with Crippen LogP contribution in [0.25, 0.3) is 0 Å². The van der Waals surface area contributed by atoms with Crippen LogP contribution in [0.5, 0.6) is 0 Å². The minimum atomic E-state index is -1.06. The van der Waals surface area contributed by atoms with Crippen LogP contribution in [-0.4, -0.2) is 13.1 Å². The van der Waals surface area contributed by atoms with Crippen molar-refractivity contribution < 1.29 is 9.53 Å². The van der Waals surface area contributed by atoms with E-state index in [2.05, 4.69) is 15.0 Å². The van der Waals surface area contributed by atoms with E-state index in [1.807, 2.05) is 18.2 Å². The van der Waals surface area contributed by atoms with Crippen LogP contribution in [0.15, 0.2) is 40.6 Å². The van der Waals surface area contributed by atoms with E-state index >= 15 is 0 Å². The summed E-state index contributed by atoms with van der Waals surface area (Å²) in [6, 6.07) is 9.15. The Labute approximate surface area is 75.2 Å². The van der Waals surface area contributed by atoms with Gasteiger partial charge in [0, 0.05) is 5.56 Å². The van der Waals surface area contributed by atoms with Gasteiger partial charge in [0.05, 0.1) is 7.11 Å². The Hall–Kier alpha value is -1.71. The summed E-state index contributed by atoms with van der Waals surface area (Å²) in [5, 5.41) is 7.45. The number of nitrogens with zero attached hydrogens (tertiary/aromatic N) is 2. The smallest absolute Gasteiger partial charge is 0.365 e. The van der Waals surface area contributed by atoms with Gasteiger partial charge in [0.1, 0.15) is 0 Å². The van der Waals surface area contributed by atoms with Gasteiger partial charge in [-0.3, -0.25) is 0 Å². The van der Waals surface area contributed by atoms with Gasteiger partial charge < -0.3 is 4.74 Å². The average molecular weight is 176 g/mol. The second-order valence-corrected chi connectivity index (χ2v) is 2.73. The van der Waals surface area contributed by atoms with Crippen LogP contribution in [0.1, 0.15) is 5.56 Å². The lowest BCUT2D eigenvalue weighted by Crippen LogP contribution is -2.23. The molecule has 0 unspecified atom stereocenters. The van der Waals surface area contributed by atoms with Crippen molar-refractivity contribution in [3.05, 3.63) is 35.9 Å². The second-order valence-electron chi connectivity index (χ2n) is 2.73. The highest BCUT2D eigenvalue weighted by atomic mass is 16.5. The van der Waals surface area contributed by atoms with E-state index in [4.69, 9.17) is 0 Å². The third kappa shape index (κ3) is 1.11. The number of esters is 1. The van der Waals surface area contributed by atoms with Crippen molar-refractivity contribution in [2.45, 2.75) is 5.66 Å². The van der Waals surface area contributed by atoms with Gasteiger partial charge in [-0.05, 0) is 0 Å². The lowest BCUT2D eigenvalue weighted by Gasteiger charge is -2.06. The van der Waals surface area contributed by atoms with Crippen molar-refractivity contribution >= 4 is 5.97 Å².